The summed E-state index contributed by atoms with van der Waals surface area (Å²) >= 11 is 0. The summed E-state index contributed by atoms with van der Waals surface area (Å²) in [4.78, 5) is 3.10. The lowest BCUT2D eigenvalue weighted by Gasteiger charge is -2.35. The number of phenols is 1. The zero-order valence-electron chi connectivity index (χ0n) is 17.0. The molecule has 2 heterocycles. The molecule has 5 nitrogen and oxygen atoms in total. The van der Waals surface area contributed by atoms with Gasteiger partial charge in [0.25, 0.3) is 0 Å². The SMILES string of the molecule is Oc1cc2c(cc1C[NH+]1CC[NH+](C(c3ccccc3)c3ccccc3)CC1)OCO2. The van der Waals surface area contributed by atoms with Crippen LogP contribution in [-0.4, -0.2) is 38.1 Å². The molecular weight excluding hydrogens is 376 g/mol. The predicted molar refractivity (Wildman–Crippen MR) is 114 cm³/mol. The number of hydrogen-bond acceptors (Lipinski definition) is 3. The van der Waals surface area contributed by atoms with E-state index in [-0.39, 0.29) is 6.79 Å². The minimum absolute atomic E-state index is 0.230. The quantitative estimate of drug-likeness (QED) is 0.599. The molecular formula is C25H28N2O3+2. The summed E-state index contributed by atoms with van der Waals surface area (Å²) in [6, 6.07) is 25.6. The van der Waals surface area contributed by atoms with Gasteiger partial charge >= 0.3 is 0 Å². The smallest absolute Gasteiger partial charge is 0.231 e. The fourth-order valence-electron chi connectivity index (χ4n) is 4.73. The highest BCUT2D eigenvalue weighted by Gasteiger charge is 2.32. The molecule has 0 radical (unpaired) electrons. The average Bonchev–Trinajstić information content (AvgIpc) is 3.24. The van der Waals surface area contributed by atoms with Gasteiger partial charge in [-0.2, -0.15) is 0 Å². The molecule has 1 fully saturated rings. The maximum atomic E-state index is 10.4. The monoisotopic (exact) mass is 404 g/mol. The van der Waals surface area contributed by atoms with E-state index in [0.29, 0.717) is 17.5 Å². The Hall–Kier alpha value is -3.02. The summed E-state index contributed by atoms with van der Waals surface area (Å²) in [5, 5.41) is 10.4. The van der Waals surface area contributed by atoms with E-state index in [1.165, 1.54) is 16.0 Å². The molecule has 0 saturated carbocycles. The molecule has 3 aromatic rings. The van der Waals surface area contributed by atoms with Gasteiger partial charge in [0.2, 0.25) is 6.79 Å². The highest BCUT2D eigenvalue weighted by molar-refractivity contribution is 5.51. The molecule has 0 atom stereocenters. The van der Waals surface area contributed by atoms with E-state index in [4.69, 9.17) is 9.47 Å². The van der Waals surface area contributed by atoms with E-state index in [0.717, 1.165) is 44.0 Å². The van der Waals surface area contributed by atoms with Crippen molar-refractivity contribution in [3.05, 3.63) is 89.5 Å². The molecule has 30 heavy (non-hydrogen) atoms. The molecule has 3 aromatic carbocycles. The lowest BCUT2D eigenvalue weighted by molar-refractivity contribution is -1.03. The molecule has 0 unspecified atom stereocenters. The first kappa shape index (κ1) is 19.0. The number of fused-ring (bicyclic) bond motifs is 1. The Kier molecular flexibility index (Phi) is 5.30. The van der Waals surface area contributed by atoms with Gasteiger partial charge in [-0.3, -0.25) is 0 Å². The number of rotatable bonds is 5. The van der Waals surface area contributed by atoms with Crippen LogP contribution in [0, 0.1) is 0 Å². The standard InChI is InChI=1S/C25H26N2O3/c28-22-16-24-23(29-18-30-24)15-21(22)17-26-11-13-27(14-12-26)25(19-7-3-1-4-8-19)20-9-5-2-6-10-20/h1-10,15-16,25,28H,11-14,17-18H2/p+2. The van der Waals surface area contributed by atoms with E-state index in [1.807, 2.05) is 6.07 Å². The van der Waals surface area contributed by atoms with E-state index in [2.05, 4.69) is 60.7 Å². The Labute approximate surface area is 177 Å². The van der Waals surface area contributed by atoms with Crippen molar-refractivity contribution < 1.29 is 24.4 Å². The van der Waals surface area contributed by atoms with Crippen molar-refractivity contribution in [2.24, 2.45) is 0 Å². The number of piperazine rings is 1. The first-order valence-electron chi connectivity index (χ1n) is 10.7. The summed E-state index contributed by atoms with van der Waals surface area (Å²) in [6.07, 6.45) is 0. The molecule has 3 N–H and O–H groups in total. The van der Waals surface area contributed by atoms with Crippen molar-refractivity contribution in [1.82, 2.24) is 0 Å². The third-order valence-corrected chi connectivity index (χ3v) is 6.29. The third kappa shape index (κ3) is 3.86. The van der Waals surface area contributed by atoms with Gasteiger partial charge in [-0.15, -0.1) is 0 Å². The second-order valence-electron chi connectivity index (χ2n) is 8.17. The van der Waals surface area contributed by atoms with Gasteiger partial charge in [0.05, 0.1) is 5.56 Å². The molecule has 5 heteroatoms. The Bertz CT molecular complexity index is 947. The van der Waals surface area contributed by atoms with E-state index in [9.17, 15) is 5.11 Å². The van der Waals surface area contributed by atoms with Gasteiger partial charge in [-0.05, 0) is 6.07 Å². The summed E-state index contributed by atoms with van der Waals surface area (Å²) in [5.74, 6) is 1.67. The molecule has 0 amide bonds. The van der Waals surface area contributed by atoms with Crippen molar-refractivity contribution in [3.63, 3.8) is 0 Å². The third-order valence-electron chi connectivity index (χ3n) is 6.29. The topological polar surface area (TPSA) is 47.6 Å². The van der Waals surface area contributed by atoms with Crippen LogP contribution in [0.3, 0.4) is 0 Å². The van der Waals surface area contributed by atoms with Crippen molar-refractivity contribution in [2.75, 3.05) is 33.0 Å². The van der Waals surface area contributed by atoms with Crippen LogP contribution in [0.25, 0.3) is 0 Å². The van der Waals surface area contributed by atoms with Gasteiger partial charge in [-0.1, -0.05) is 60.7 Å². The van der Waals surface area contributed by atoms with E-state index in [1.54, 1.807) is 11.0 Å². The van der Waals surface area contributed by atoms with Gasteiger partial charge in [-0.25, -0.2) is 0 Å². The Morgan fingerprint density at radius 1 is 0.767 bits per heavy atom. The number of quaternary nitrogens is 2. The maximum Gasteiger partial charge on any atom is 0.231 e. The van der Waals surface area contributed by atoms with Crippen LogP contribution in [0.15, 0.2) is 72.8 Å². The van der Waals surface area contributed by atoms with Crippen LogP contribution in [0.4, 0.5) is 0 Å². The van der Waals surface area contributed by atoms with Crippen LogP contribution in [0.5, 0.6) is 17.2 Å². The van der Waals surface area contributed by atoms with Gasteiger partial charge < -0.3 is 24.4 Å². The molecule has 0 bridgehead atoms. The number of hydrogen-bond donors (Lipinski definition) is 3. The van der Waals surface area contributed by atoms with Gasteiger partial charge in [0, 0.05) is 17.2 Å². The summed E-state index contributed by atoms with van der Waals surface area (Å²) < 4.78 is 10.8. The lowest BCUT2D eigenvalue weighted by Crippen LogP contribution is -3.27. The number of benzene rings is 3. The molecule has 2 aliphatic heterocycles. The van der Waals surface area contributed by atoms with Crippen LogP contribution in [-0.2, 0) is 6.54 Å². The number of nitrogens with one attached hydrogen (secondary N) is 2. The van der Waals surface area contributed by atoms with Gasteiger partial charge in [0.1, 0.15) is 44.5 Å². The first-order valence-corrected chi connectivity index (χ1v) is 10.7. The highest BCUT2D eigenvalue weighted by Crippen LogP contribution is 2.37. The number of aromatic hydroxyl groups is 1. The van der Waals surface area contributed by atoms with Crippen LogP contribution in [0.2, 0.25) is 0 Å². The summed E-state index contributed by atoms with van der Waals surface area (Å²) in [5.41, 5.74) is 3.67. The van der Waals surface area contributed by atoms with E-state index < -0.39 is 0 Å². The normalized spacial score (nSPS) is 20.4. The van der Waals surface area contributed by atoms with Crippen molar-refractivity contribution in [1.29, 1.82) is 0 Å². The summed E-state index contributed by atoms with van der Waals surface area (Å²) in [6.45, 7) is 5.35. The Morgan fingerprint density at radius 2 is 1.33 bits per heavy atom. The number of ether oxygens (including phenoxy) is 2. The molecule has 154 valence electrons. The first-order chi connectivity index (χ1) is 14.8. The zero-order valence-corrected chi connectivity index (χ0v) is 17.0. The fraction of sp³-hybridized carbons (Fsp3) is 0.280. The molecule has 1 saturated heterocycles. The maximum absolute atomic E-state index is 10.4. The molecule has 5 rings (SSSR count). The molecule has 0 aromatic heterocycles. The largest absolute Gasteiger partial charge is 0.507 e. The van der Waals surface area contributed by atoms with Crippen LogP contribution >= 0.6 is 0 Å². The summed E-state index contributed by atoms with van der Waals surface area (Å²) in [7, 11) is 0. The van der Waals surface area contributed by atoms with Gasteiger partial charge in [0.15, 0.2) is 11.5 Å². The Balaban J connectivity index is 1.30. The van der Waals surface area contributed by atoms with Crippen LogP contribution in [0.1, 0.15) is 22.7 Å². The van der Waals surface area contributed by atoms with E-state index >= 15 is 0 Å². The van der Waals surface area contributed by atoms with Crippen molar-refractivity contribution in [3.8, 4) is 17.2 Å². The van der Waals surface area contributed by atoms with Crippen LogP contribution < -0.4 is 19.3 Å². The average molecular weight is 405 g/mol. The molecule has 0 spiro atoms. The predicted octanol–water partition coefficient (Wildman–Crippen LogP) is 1.19. The number of phenolic OH excluding ortho intramolecular Hbond substituents is 1. The molecule has 2 aliphatic rings. The zero-order chi connectivity index (χ0) is 20.3. The van der Waals surface area contributed by atoms with Crippen molar-refractivity contribution >= 4 is 0 Å². The highest BCUT2D eigenvalue weighted by atomic mass is 16.7. The minimum Gasteiger partial charge on any atom is -0.507 e. The second kappa shape index (κ2) is 8.38. The van der Waals surface area contributed by atoms with Crippen molar-refractivity contribution in [2.45, 2.75) is 12.6 Å². The Morgan fingerprint density at radius 3 is 1.93 bits per heavy atom. The minimum atomic E-state index is 0.230. The fourth-order valence-corrected chi connectivity index (χ4v) is 4.73. The lowest BCUT2D eigenvalue weighted by atomic mass is 9.96. The second-order valence-corrected chi connectivity index (χ2v) is 8.17. The molecule has 0 aliphatic carbocycles.